The van der Waals surface area contributed by atoms with Crippen molar-refractivity contribution in [3.05, 3.63) is 24.1 Å². The largest absolute Gasteiger partial charge is 0.438 e. The number of nitrogens with zero attached hydrogens (tertiary/aromatic N) is 1. The Bertz CT molecular complexity index is 495. The number of hydrogen-bond donors (Lipinski definition) is 1. The molecule has 1 aromatic carbocycles. The van der Waals surface area contributed by atoms with Gasteiger partial charge in [-0.25, -0.2) is 4.98 Å². The molecule has 0 aliphatic carbocycles. The quantitative estimate of drug-likeness (QED) is 0.803. The number of aromatic nitrogens is 1. The lowest BCUT2D eigenvalue weighted by Crippen LogP contribution is -2.14. The van der Waals surface area contributed by atoms with Crippen molar-refractivity contribution in [3.8, 4) is 0 Å². The fourth-order valence-electron chi connectivity index (χ4n) is 1.55. The highest BCUT2D eigenvalue weighted by molar-refractivity contribution is 5.76. The fourth-order valence-corrected chi connectivity index (χ4v) is 1.55. The van der Waals surface area contributed by atoms with Gasteiger partial charge in [-0.2, -0.15) is 0 Å². The normalized spacial score (nSPS) is 13.1. The molecule has 1 aromatic heterocycles. The van der Waals surface area contributed by atoms with Crippen molar-refractivity contribution < 1.29 is 13.9 Å². The predicted octanol–water partition coefficient (Wildman–Crippen LogP) is 1.96. The van der Waals surface area contributed by atoms with Crippen LogP contribution in [0, 0.1) is 0 Å². The molecule has 0 saturated carbocycles. The molecule has 1 atom stereocenters. The molecular weight excluding hydrogens is 220 g/mol. The lowest BCUT2D eigenvalue weighted by Gasteiger charge is -2.09. The zero-order chi connectivity index (χ0) is 12.3. The molecule has 0 saturated heterocycles. The molecule has 2 N–H and O–H groups in total. The minimum absolute atomic E-state index is 0.0140. The van der Waals surface area contributed by atoms with Gasteiger partial charge in [-0.05, 0) is 25.1 Å². The van der Waals surface area contributed by atoms with Gasteiger partial charge in [0, 0.05) is 12.8 Å². The van der Waals surface area contributed by atoms with Gasteiger partial charge in [0.2, 0.25) is 5.89 Å². The van der Waals surface area contributed by atoms with Crippen LogP contribution < -0.4 is 5.73 Å². The Kier molecular flexibility index (Phi) is 3.61. The maximum Gasteiger partial charge on any atom is 0.221 e. The number of fused-ring (bicyclic) bond motifs is 1. The summed E-state index contributed by atoms with van der Waals surface area (Å²) in [6.45, 7) is 2.82. The van der Waals surface area contributed by atoms with Crippen LogP contribution >= 0.6 is 0 Å². The van der Waals surface area contributed by atoms with Crippen molar-refractivity contribution in [2.24, 2.45) is 0 Å². The number of rotatable bonds is 5. The molecule has 0 bridgehead atoms. The van der Waals surface area contributed by atoms with E-state index in [2.05, 4.69) is 4.98 Å². The number of nitrogen functional groups attached to an aromatic ring is 1. The molecular formula is C12H16N2O3. The average Bonchev–Trinajstić information content (AvgIpc) is 2.68. The number of hydrogen-bond acceptors (Lipinski definition) is 5. The van der Waals surface area contributed by atoms with Gasteiger partial charge in [0.25, 0.3) is 0 Å². The van der Waals surface area contributed by atoms with Crippen molar-refractivity contribution in [2.75, 3.05) is 19.5 Å². The Balaban J connectivity index is 2.04. The lowest BCUT2D eigenvalue weighted by atomic mass is 10.3. The number of nitrogens with two attached hydrogens (primary N) is 1. The maximum absolute atomic E-state index is 5.67. The molecule has 2 aromatic rings. The molecule has 0 aliphatic rings. The highest BCUT2D eigenvalue weighted by Gasteiger charge is 2.08. The molecule has 0 radical (unpaired) electrons. The van der Waals surface area contributed by atoms with Gasteiger partial charge in [0.1, 0.15) is 12.1 Å². The summed E-state index contributed by atoms with van der Waals surface area (Å²) < 4.78 is 16.0. The first-order valence-corrected chi connectivity index (χ1v) is 5.44. The minimum Gasteiger partial charge on any atom is -0.438 e. The smallest absolute Gasteiger partial charge is 0.221 e. The summed E-state index contributed by atoms with van der Waals surface area (Å²) in [5.74, 6) is 0.550. The Morgan fingerprint density at radius 2 is 2.29 bits per heavy atom. The number of benzene rings is 1. The van der Waals surface area contributed by atoms with E-state index in [1.165, 1.54) is 0 Å². The van der Waals surface area contributed by atoms with Gasteiger partial charge in [-0.1, -0.05) is 0 Å². The number of methoxy groups -OCH3 is 1. The topological polar surface area (TPSA) is 70.5 Å². The molecule has 1 heterocycles. The van der Waals surface area contributed by atoms with Gasteiger partial charge < -0.3 is 19.6 Å². The number of ether oxygens (including phenoxy) is 2. The second kappa shape index (κ2) is 5.16. The van der Waals surface area contributed by atoms with Crippen LogP contribution in [-0.4, -0.2) is 24.8 Å². The minimum atomic E-state index is 0.0140. The first-order valence-electron chi connectivity index (χ1n) is 5.44. The first-order chi connectivity index (χ1) is 8.19. The maximum atomic E-state index is 5.67. The lowest BCUT2D eigenvalue weighted by molar-refractivity contribution is -0.00755. The van der Waals surface area contributed by atoms with Crippen LogP contribution in [0.2, 0.25) is 0 Å². The SMILES string of the molecule is COCC(C)OCc1nc2cc(N)ccc2o1. The second-order valence-corrected chi connectivity index (χ2v) is 3.91. The van der Waals surface area contributed by atoms with Gasteiger partial charge >= 0.3 is 0 Å². The summed E-state index contributed by atoms with van der Waals surface area (Å²) in [6, 6.07) is 5.37. The molecule has 0 amide bonds. The van der Waals surface area contributed by atoms with Crippen LogP contribution in [-0.2, 0) is 16.1 Å². The van der Waals surface area contributed by atoms with Gasteiger partial charge in [-0.15, -0.1) is 0 Å². The molecule has 0 aliphatic heterocycles. The Hall–Kier alpha value is -1.59. The van der Waals surface area contributed by atoms with Gasteiger partial charge in [0.15, 0.2) is 5.58 Å². The molecule has 0 fully saturated rings. The molecule has 92 valence electrons. The summed E-state index contributed by atoms with van der Waals surface area (Å²) in [5.41, 5.74) is 7.81. The van der Waals surface area contributed by atoms with E-state index in [4.69, 9.17) is 19.6 Å². The second-order valence-electron chi connectivity index (χ2n) is 3.91. The van der Waals surface area contributed by atoms with Crippen LogP contribution in [0.3, 0.4) is 0 Å². The van der Waals surface area contributed by atoms with Crippen molar-refractivity contribution >= 4 is 16.8 Å². The standard InChI is InChI=1S/C12H16N2O3/c1-8(6-15-2)16-7-12-14-10-5-9(13)3-4-11(10)17-12/h3-5,8H,6-7,13H2,1-2H3. The van der Waals surface area contributed by atoms with Crippen molar-refractivity contribution in [1.82, 2.24) is 4.98 Å². The van der Waals surface area contributed by atoms with Crippen LogP contribution in [0.4, 0.5) is 5.69 Å². The molecule has 5 heteroatoms. The van der Waals surface area contributed by atoms with E-state index in [1.54, 1.807) is 25.3 Å². The van der Waals surface area contributed by atoms with Gasteiger partial charge in [0.05, 0.1) is 12.7 Å². The zero-order valence-corrected chi connectivity index (χ0v) is 9.97. The molecule has 2 rings (SSSR count). The van der Waals surface area contributed by atoms with E-state index in [-0.39, 0.29) is 6.10 Å². The highest BCUT2D eigenvalue weighted by atomic mass is 16.5. The Morgan fingerprint density at radius 1 is 1.47 bits per heavy atom. The highest BCUT2D eigenvalue weighted by Crippen LogP contribution is 2.18. The van der Waals surface area contributed by atoms with Crippen LogP contribution in [0.1, 0.15) is 12.8 Å². The summed E-state index contributed by atoms with van der Waals surface area (Å²) in [6.07, 6.45) is 0.0140. The van der Waals surface area contributed by atoms with Crippen molar-refractivity contribution in [3.63, 3.8) is 0 Å². The van der Waals surface area contributed by atoms with E-state index < -0.39 is 0 Å². The summed E-state index contributed by atoms with van der Waals surface area (Å²) in [5, 5.41) is 0. The summed E-state index contributed by atoms with van der Waals surface area (Å²) in [4.78, 5) is 4.29. The first kappa shape index (κ1) is 11.9. The summed E-state index contributed by atoms with van der Waals surface area (Å²) >= 11 is 0. The fraction of sp³-hybridized carbons (Fsp3) is 0.417. The van der Waals surface area contributed by atoms with Crippen molar-refractivity contribution in [2.45, 2.75) is 19.6 Å². The Morgan fingerprint density at radius 3 is 3.06 bits per heavy atom. The molecule has 0 spiro atoms. The van der Waals surface area contributed by atoms with Crippen LogP contribution in [0.15, 0.2) is 22.6 Å². The average molecular weight is 236 g/mol. The van der Waals surface area contributed by atoms with E-state index in [1.807, 2.05) is 6.92 Å². The van der Waals surface area contributed by atoms with Crippen molar-refractivity contribution in [1.29, 1.82) is 0 Å². The number of oxazole rings is 1. The van der Waals surface area contributed by atoms with E-state index in [9.17, 15) is 0 Å². The third-order valence-corrected chi connectivity index (χ3v) is 2.35. The monoisotopic (exact) mass is 236 g/mol. The third-order valence-electron chi connectivity index (χ3n) is 2.35. The molecule has 5 nitrogen and oxygen atoms in total. The van der Waals surface area contributed by atoms with E-state index in [0.717, 1.165) is 11.1 Å². The van der Waals surface area contributed by atoms with Gasteiger partial charge in [-0.3, -0.25) is 0 Å². The van der Waals surface area contributed by atoms with Crippen LogP contribution in [0.5, 0.6) is 0 Å². The molecule has 1 unspecified atom stereocenters. The Labute approximate surface area is 99.5 Å². The summed E-state index contributed by atoms with van der Waals surface area (Å²) in [7, 11) is 1.64. The third kappa shape index (κ3) is 2.95. The van der Waals surface area contributed by atoms with E-state index >= 15 is 0 Å². The van der Waals surface area contributed by atoms with E-state index in [0.29, 0.717) is 24.8 Å². The number of anilines is 1. The van der Waals surface area contributed by atoms with Crippen LogP contribution in [0.25, 0.3) is 11.1 Å². The zero-order valence-electron chi connectivity index (χ0n) is 9.97. The molecule has 17 heavy (non-hydrogen) atoms. The predicted molar refractivity (Wildman–Crippen MR) is 64.5 cm³/mol.